The van der Waals surface area contributed by atoms with Gasteiger partial charge in [0.25, 0.3) is 5.91 Å². The highest BCUT2D eigenvalue weighted by Gasteiger charge is 2.18. The lowest BCUT2D eigenvalue weighted by Crippen LogP contribution is -2.28. The number of carbonyl (C=O) groups excluding carboxylic acids is 3. The molecule has 0 spiro atoms. The Morgan fingerprint density at radius 3 is 2.65 bits per heavy atom. The van der Waals surface area contributed by atoms with Crippen LogP contribution in [-0.2, 0) is 14.3 Å². The van der Waals surface area contributed by atoms with E-state index in [-0.39, 0.29) is 23.8 Å². The Hall–Kier alpha value is -2.63. The van der Waals surface area contributed by atoms with Crippen LogP contribution in [0.25, 0.3) is 0 Å². The van der Waals surface area contributed by atoms with E-state index in [4.69, 9.17) is 0 Å². The number of esters is 1. The Morgan fingerprint density at radius 2 is 2.00 bits per heavy atom. The second kappa shape index (κ2) is 7.73. The monoisotopic (exact) mass is 276 g/mol. The molecule has 0 atom stereocenters. The first kappa shape index (κ1) is 15.4. The molecule has 1 rings (SSSR count). The first-order valence-corrected chi connectivity index (χ1v) is 6.06. The van der Waals surface area contributed by atoms with Gasteiger partial charge in [-0.1, -0.05) is 18.2 Å². The molecule has 1 aromatic rings. The summed E-state index contributed by atoms with van der Waals surface area (Å²) in [6, 6.07) is 6.37. The van der Waals surface area contributed by atoms with Gasteiger partial charge in [-0.25, -0.2) is 4.79 Å². The molecule has 0 bridgehead atoms. The van der Waals surface area contributed by atoms with E-state index < -0.39 is 11.9 Å². The van der Waals surface area contributed by atoms with E-state index >= 15 is 0 Å². The normalized spacial score (nSPS) is 9.45. The van der Waals surface area contributed by atoms with Crippen molar-refractivity contribution in [2.24, 2.45) is 0 Å². The zero-order valence-corrected chi connectivity index (χ0v) is 11.1. The van der Waals surface area contributed by atoms with Crippen molar-refractivity contribution in [3.63, 3.8) is 0 Å². The molecule has 6 nitrogen and oxygen atoms in total. The fraction of sp³-hybridized carbons (Fsp3) is 0.214. The fourth-order valence-electron chi connectivity index (χ4n) is 1.42. The number of para-hydroxylation sites is 1. The molecule has 0 aliphatic heterocycles. The molecular weight excluding hydrogens is 260 g/mol. The van der Waals surface area contributed by atoms with Gasteiger partial charge in [0.1, 0.15) is 0 Å². The van der Waals surface area contributed by atoms with Crippen molar-refractivity contribution >= 4 is 23.5 Å². The number of nitrogens with one attached hydrogen (secondary N) is 2. The zero-order valence-electron chi connectivity index (χ0n) is 11.1. The summed E-state index contributed by atoms with van der Waals surface area (Å²) in [5.41, 5.74) is 0.499. The number of rotatable bonds is 5. The van der Waals surface area contributed by atoms with Gasteiger partial charge in [-0.15, -0.1) is 6.58 Å². The molecule has 0 aromatic heterocycles. The summed E-state index contributed by atoms with van der Waals surface area (Å²) in [6.07, 6.45) is 1.54. The molecule has 0 saturated carbocycles. The third kappa shape index (κ3) is 4.24. The maximum atomic E-state index is 11.9. The van der Waals surface area contributed by atoms with Gasteiger partial charge >= 0.3 is 11.9 Å². The third-order valence-electron chi connectivity index (χ3n) is 2.29. The average molecular weight is 276 g/mol. The standard InChI is InChI=1S/C14H16N2O4/c1-3-9-15-12(17)10-7-5-6-8-11(10)16-13(18)14(19)20-4-2/h3,5-8H,1,4,9H2,2H3,(H,15,17)(H,16,18). The second-order valence-corrected chi connectivity index (χ2v) is 3.72. The highest BCUT2D eigenvalue weighted by atomic mass is 16.5. The summed E-state index contributed by atoms with van der Waals surface area (Å²) in [7, 11) is 0. The Bertz CT molecular complexity index is 526. The lowest BCUT2D eigenvalue weighted by atomic mass is 10.1. The van der Waals surface area contributed by atoms with E-state index in [0.717, 1.165) is 0 Å². The van der Waals surface area contributed by atoms with Gasteiger partial charge in [0.05, 0.1) is 17.9 Å². The molecule has 1 aromatic carbocycles. The van der Waals surface area contributed by atoms with Crippen molar-refractivity contribution in [1.82, 2.24) is 5.32 Å². The highest BCUT2D eigenvalue weighted by molar-refractivity contribution is 6.37. The molecule has 0 aliphatic rings. The summed E-state index contributed by atoms with van der Waals surface area (Å²) in [5.74, 6) is -2.28. The molecule has 2 amide bonds. The van der Waals surface area contributed by atoms with E-state index in [9.17, 15) is 14.4 Å². The molecule has 0 unspecified atom stereocenters. The van der Waals surface area contributed by atoms with E-state index in [1.54, 1.807) is 25.1 Å². The topological polar surface area (TPSA) is 84.5 Å². The number of hydrogen-bond donors (Lipinski definition) is 2. The van der Waals surface area contributed by atoms with Crippen molar-refractivity contribution in [3.8, 4) is 0 Å². The first-order chi connectivity index (χ1) is 9.60. The summed E-state index contributed by atoms with van der Waals surface area (Å²) >= 11 is 0. The lowest BCUT2D eigenvalue weighted by Gasteiger charge is -2.10. The SMILES string of the molecule is C=CCNC(=O)c1ccccc1NC(=O)C(=O)OCC. The van der Waals surface area contributed by atoms with E-state index in [1.165, 1.54) is 12.1 Å². The van der Waals surface area contributed by atoms with Crippen LogP contribution in [0.5, 0.6) is 0 Å². The van der Waals surface area contributed by atoms with Gasteiger partial charge < -0.3 is 15.4 Å². The largest absolute Gasteiger partial charge is 0.459 e. The quantitative estimate of drug-likeness (QED) is 0.479. The minimum absolute atomic E-state index is 0.105. The molecule has 0 heterocycles. The van der Waals surface area contributed by atoms with Crippen molar-refractivity contribution in [1.29, 1.82) is 0 Å². The molecule has 0 fully saturated rings. The molecule has 20 heavy (non-hydrogen) atoms. The zero-order chi connectivity index (χ0) is 15.0. The van der Waals surface area contributed by atoms with E-state index in [2.05, 4.69) is 21.9 Å². The molecule has 106 valence electrons. The molecule has 0 saturated heterocycles. The third-order valence-corrected chi connectivity index (χ3v) is 2.29. The molecule has 0 aliphatic carbocycles. The minimum atomic E-state index is -0.992. The summed E-state index contributed by atoms with van der Waals surface area (Å²) < 4.78 is 4.58. The van der Waals surface area contributed by atoms with Crippen LogP contribution in [0.1, 0.15) is 17.3 Å². The van der Waals surface area contributed by atoms with Gasteiger partial charge in [-0.3, -0.25) is 9.59 Å². The predicted octanol–water partition coefficient (Wildman–Crippen LogP) is 1.10. The summed E-state index contributed by atoms with van der Waals surface area (Å²) in [4.78, 5) is 34.7. The minimum Gasteiger partial charge on any atom is -0.459 e. The van der Waals surface area contributed by atoms with Gasteiger partial charge in [0, 0.05) is 6.54 Å². The molecule has 2 N–H and O–H groups in total. The number of carbonyl (C=O) groups is 3. The first-order valence-electron chi connectivity index (χ1n) is 6.06. The van der Waals surface area contributed by atoms with Crippen LogP contribution in [0.15, 0.2) is 36.9 Å². The summed E-state index contributed by atoms with van der Waals surface area (Å²) in [6.45, 7) is 5.50. The molecule has 0 radical (unpaired) electrons. The smallest absolute Gasteiger partial charge is 0.397 e. The van der Waals surface area contributed by atoms with Gasteiger partial charge in [0.2, 0.25) is 0 Å². The van der Waals surface area contributed by atoms with Crippen molar-refractivity contribution in [3.05, 3.63) is 42.5 Å². The highest BCUT2D eigenvalue weighted by Crippen LogP contribution is 2.14. The number of benzene rings is 1. The number of amides is 2. The van der Waals surface area contributed by atoms with Crippen molar-refractivity contribution < 1.29 is 19.1 Å². The van der Waals surface area contributed by atoms with Gasteiger partial charge in [-0.05, 0) is 19.1 Å². The van der Waals surface area contributed by atoms with Crippen LogP contribution in [0.4, 0.5) is 5.69 Å². The van der Waals surface area contributed by atoms with Crippen LogP contribution in [0, 0.1) is 0 Å². The van der Waals surface area contributed by atoms with Crippen LogP contribution in [0.2, 0.25) is 0 Å². The van der Waals surface area contributed by atoms with Gasteiger partial charge in [-0.2, -0.15) is 0 Å². The Morgan fingerprint density at radius 1 is 1.30 bits per heavy atom. The lowest BCUT2D eigenvalue weighted by molar-refractivity contribution is -0.152. The fourth-order valence-corrected chi connectivity index (χ4v) is 1.42. The van der Waals surface area contributed by atoms with Crippen LogP contribution in [-0.4, -0.2) is 30.9 Å². The summed E-state index contributed by atoms with van der Waals surface area (Å²) in [5, 5.41) is 4.94. The average Bonchev–Trinajstić information content (AvgIpc) is 2.45. The van der Waals surface area contributed by atoms with Gasteiger partial charge in [0.15, 0.2) is 0 Å². The van der Waals surface area contributed by atoms with Crippen LogP contribution >= 0.6 is 0 Å². The van der Waals surface area contributed by atoms with Crippen LogP contribution in [0.3, 0.4) is 0 Å². The predicted molar refractivity (Wildman–Crippen MR) is 74.2 cm³/mol. The van der Waals surface area contributed by atoms with E-state index in [1.807, 2.05) is 0 Å². The number of ether oxygens (including phenoxy) is 1. The van der Waals surface area contributed by atoms with Crippen molar-refractivity contribution in [2.45, 2.75) is 6.92 Å². The van der Waals surface area contributed by atoms with E-state index in [0.29, 0.717) is 6.54 Å². The molecule has 6 heteroatoms. The maximum absolute atomic E-state index is 11.9. The molecular formula is C14H16N2O4. The number of hydrogen-bond acceptors (Lipinski definition) is 4. The van der Waals surface area contributed by atoms with Crippen molar-refractivity contribution in [2.75, 3.05) is 18.5 Å². The second-order valence-electron chi connectivity index (χ2n) is 3.72. The Balaban J connectivity index is 2.85. The number of anilines is 1. The van der Waals surface area contributed by atoms with Crippen LogP contribution < -0.4 is 10.6 Å². The maximum Gasteiger partial charge on any atom is 0.397 e. The Kier molecular flexibility index (Phi) is 5.96. The Labute approximate surface area is 116 Å².